The summed E-state index contributed by atoms with van der Waals surface area (Å²) >= 11 is 0. The van der Waals surface area contributed by atoms with Crippen LogP contribution in [0.15, 0.2) is 24.3 Å². The molecule has 1 unspecified atom stereocenters. The van der Waals surface area contributed by atoms with Crippen molar-refractivity contribution in [2.24, 2.45) is 0 Å². The molecule has 0 aromatic heterocycles. The first-order valence-corrected chi connectivity index (χ1v) is 5.61. The first kappa shape index (κ1) is 9.72. The predicted octanol–water partition coefficient (Wildman–Crippen LogP) is 3.02. The summed E-state index contributed by atoms with van der Waals surface area (Å²) < 4.78 is 0. The van der Waals surface area contributed by atoms with Crippen LogP contribution in [0.1, 0.15) is 36.9 Å². The van der Waals surface area contributed by atoms with Crippen molar-refractivity contribution in [2.45, 2.75) is 32.2 Å². The van der Waals surface area contributed by atoms with Crippen molar-refractivity contribution in [3.05, 3.63) is 35.4 Å². The van der Waals surface area contributed by atoms with Gasteiger partial charge in [-0.3, -0.25) is 4.90 Å². The lowest BCUT2D eigenvalue weighted by Crippen LogP contribution is -2.23. The van der Waals surface area contributed by atoms with Gasteiger partial charge in [0, 0.05) is 6.04 Å². The van der Waals surface area contributed by atoms with Gasteiger partial charge in [0.1, 0.15) is 0 Å². The predicted molar refractivity (Wildman–Crippen MR) is 60.4 cm³/mol. The van der Waals surface area contributed by atoms with Crippen LogP contribution in [0.5, 0.6) is 0 Å². The smallest absolute Gasteiger partial charge is 0.0350 e. The molecule has 14 heavy (non-hydrogen) atoms. The topological polar surface area (TPSA) is 3.24 Å². The fourth-order valence-corrected chi connectivity index (χ4v) is 2.50. The average molecular weight is 189 g/mol. The van der Waals surface area contributed by atoms with Crippen molar-refractivity contribution in [3.8, 4) is 0 Å². The minimum Gasteiger partial charge on any atom is -0.299 e. The van der Waals surface area contributed by atoms with E-state index in [0.29, 0.717) is 6.04 Å². The van der Waals surface area contributed by atoms with E-state index in [0.717, 1.165) is 0 Å². The number of nitrogens with zero attached hydrogens (tertiary/aromatic N) is 1. The van der Waals surface area contributed by atoms with Gasteiger partial charge in [-0.25, -0.2) is 0 Å². The molecular formula is C13H19N. The molecule has 1 aromatic carbocycles. The zero-order valence-electron chi connectivity index (χ0n) is 9.16. The molecule has 0 radical (unpaired) electrons. The number of rotatable bonds is 3. The molecule has 0 saturated carbocycles. The van der Waals surface area contributed by atoms with Crippen molar-refractivity contribution in [2.75, 3.05) is 13.6 Å². The molecule has 0 saturated heterocycles. The van der Waals surface area contributed by atoms with E-state index in [9.17, 15) is 0 Å². The summed E-state index contributed by atoms with van der Waals surface area (Å²) in [6.07, 6.45) is 3.81. The molecule has 0 bridgehead atoms. The molecule has 1 aromatic rings. The lowest BCUT2D eigenvalue weighted by molar-refractivity contribution is 0.245. The highest BCUT2D eigenvalue weighted by atomic mass is 15.1. The molecule has 0 heterocycles. The first-order chi connectivity index (χ1) is 6.83. The van der Waals surface area contributed by atoms with Gasteiger partial charge in [0.15, 0.2) is 0 Å². The highest BCUT2D eigenvalue weighted by molar-refractivity contribution is 5.34. The van der Waals surface area contributed by atoms with Crippen LogP contribution in [0.3, 0.4) is 0 Å². The summed E-state index contributed by atoms with van der Waals surface area (Å²) in [4.78, 5) is 2.49. The molecule has 1 aliphatic rings. The van der Waals surface area contributed by atoms with Crippen molar-refractivity contribution < 1.29 is 0 Å². The maximum Gasteiger partial charge on any atom is 0.0350 e. The lowest BCUT2D eigenvalue weighted by Gasteiger charge is -2.24. The van der Waals surface area contributed by atoms with Gasteiger partial charge in [0.25, 0.3) is 0 Å². The van der Waals surface area contributed by atoms with Crippen LogP contribution in [0.4, 0.5) is 0 Å². The molecule has 1 heteroatoms. The van der Waals surface area contributed by atoms with Crippen LogP contribution < -0.4 is 0 Å². The number of hydrogen-bond acceptors (Lipinski definition) is 1. The highest BCUT2D eigenvalue weighted by Crippen LogP contribution is 2.34. The van der Waals surface area contributed by atoms with Gasteiger partial charge in [0.2, 0.25) is 0 Å². The van der Waals surface area contributed by atoms with E-state index in [-0.39, 0.29) is 0 Å². The Labute approximate surface area is 86.7 Å². The zero-order valence-corrected chi connectivity index (χ0v) is 9.16. The van der Waals surface area contributed by atoms with E-state index in [1.54, 1.807) is 11.1 Å². The number of aryl methyl sites for hydroxylation is 1. The first-order valence-electron chi connectivity index (χ1n) is 5.61. The van der Waals surface area contributed by atoms with Crippen LogP contribution in [-0.4, -0.2) is 18.5 Å². The largest absolute Gasteiger partial charge is 0.299 e. The van der Waals surface area contributed by atoms with Gasteiger partial charge >= 0.3 is 0 Å². The monoisotopic (exact) mass is 189 g/mol. The number of fused-ring (bicyclic) bond motifs is 1. The number of hydrogen-bond donors (Lipinski definition) is 0. The van der Waals surface area contributed by atoms with Crippen LogP contribution in [0.25, 0.3) is 0 Å². The average Bonchev–Trinajstić information content (AvgIpc) is 2.61. The second kappa shape index (κ2) is 4.14. The summed E-state index contributed by atoms with van der Waals surface area (Å²) in [7, 11) is 2.25. The Morgan fingerprint density at radius 3 is 2.93 bits per heavy atom. The van der Waals surface area contributed by atoms with E-state index in [1.807, 2.05) is 0 Å². The van der Waals surface area contributed by atoms with E-state index in [2.05, 4.69) is 43.1 Å². The van der Waals surface area contributed by atoms with Crippen LogP contribution in [0.2, 0.25) is 0 Å². The van der Waals surface area contributed by atoms with Gasteiger partial charge in [0.05, 0.1) is 0 Å². The Morgan fingerprint density at radius 1 is 1.36 bits per heavy atom. The normalized spacial score (nSPS) is 20.1. The molecule has 0 fully saturated rings. The second-order valence-corrected chi connectivity index (χ2v) is 4.23. The van der Waals surface area contributed by atoms with Crippen molar-refractivity contribution >= 4 is 0 Å². The Kier molecular flexibility index (Phi) is 2.87. The van der Waals surface area contributed by atoms with Gasteiger partial charge < -0.3 is 0 Å². The summed E-state index contributed by atoms with van der Waals surface area (Å²) in [6, 6.07) is 9.55. The van der Waals surface area contributed by atoms with Gasteiger partial charge in [-0.2, -0.15) is 0 Å². The minimum absolute atomic E-state index is 0.672. The summed E-state index contributed by atoms with van der Waals surface area (Å²) in [6.45, 7) is 3.45. The van der Waals surface area contributed by atoms with E-state index >= 15 is 0 Å². The standard InChI is InChI=1S/C13H19N/c1-3-10-14(2)13-9-8-11-6-4-5-7-12(11)13/h4-7,13H,3,8-10H2,1-2H3. The highest BCUT2D eigenvalue weighted by Gasteiger charge is 2.24. The Bertz CT molecular complexity index is 306. The minimum atomic E-state index is 0.672. The molecule has 0 N–H and O–H groups in total. The Balaban J connectivity index is 2.17. The molecule has 0 spiro atoms. The van der Waals surface area contributed by atoms with Crippen molar-refractivity contribution in [1.29, 1.82) is 0 Å². The maximum atomic E-state index is 2.49. The van der Waals surface area contributed by atoms with E-state index in [4.69, 9.17) is 0 Å². The van der Waals surface area contributed by atoms with Gasteiger partial charge in [-0.05, 0) is 44.0 Å². The van der Waals surface area contributed by atoms with Crippen LogP contribution in [-0.2, 0) is 6.42 Å². The third kappa shape index (κ3) is 1.69. The fourth-order valence-electron chi connectivity index (χ4n) is 2.50. The second-order valence-electron chi connectivity index (χ2n) is 4.23. The molecule has 2 rings (SSSR count). The quantitative estimate of drug-likeness (QED) is 0.706. The van der Waals surface area contributed by atoms with Crippen molar-refractivity contribution in [3.63, 3.8) is 0 Å². The molecule has 1 atom stereocenters. The van der Waals surface area contributed by atoms with Gasteiger partial charge in [-0.1, -0.05) is 31.2 Å². The van der Waals surface area contributed by atoms with Crippen LogP contribution in [0, 0.1) is 0 Å². The molecule has 0 amide bonds. The maximum absolute atomic E-state index is 2.49. The van der Waals surface area contributed by atoms with E-state index in [1.165, 1.54) is 25.8 Å². The molecule has 1 aliphatic carbocycles. The SMILES string of the molecule is CCCN(C)C1CCc2ccccc21. The summed E-state index contributed by atoms with van der Waals surface area (Å²) in [5.74, 6) is 0. The van der Waals surface area contributed by atoms with Crippen LogP contribution >= 0.6 is 0 Å². The third-order valence-electron chi connectivity index (χ3n) is 3.21. The lowest BCUT2D eigenvalue weighted by atomic mass is 10.1. The Hall–Kier alpha value is -0.820. The van der Waals surface area contributed by atoms with E-state index < -0.39 is 0 Å². The summed E-state index contributed by atoms with van der Waals surface area (Å²) in [5, 5.41) is 0. The number of benzene rings is 1. The van der Waals surface area contributed by atoms with Gasteiger partial charge in [-0.15, -0.1) is 0 Å². The van der Waals surface area contributed by atoms with Crippen molar-refractivity contribution in [1.82, 2.24) is 4.90 Å². The third-order valence-corrected chi connectivity index (χ3v) is 3.21. The Morgan fingerprint density at radius 2 is 2.14 bits per heavy atom. The molecule has 76 valence electrons. The molecular weight excluding hydrogens is 170 g/mol. The zero-order chi connectivity index (χ0) is 9.97. The summed E-state index contributed by atoms with van der Waals surface area (Å²) in [5.41, 5.74) is 3.11. The molecule has 0 aliphatic heterocycles. The fraction of sp³-hybridized carbons (Fsp3) is 0.538. The molecule has 1 nitrogen and oxygen atoms in total.